The minimum atomic E-state index is -4.34. The summed E-state index contributed by atoms with van der Waals surface area (Å²) in [6, 6.07) is -0.870. The van der Waals surface area contributed by atoms with E-state index in [2.05, 4.69) is 55.6 Å². The molecule has 3 atom stereocenters. The fourth-order valence-corrected chi connectivity index (χ4v) is 5.45. The summed E-state index contributed by atoms with van der Waals surface area (Å²) in [5, 5.41) is 13.7. The average Bonchev–Trinajstić information content (AvgIpc) is 3.01. The quantitative estimate of drug-likeness (QED) is 0.0283. The van der Waals surface area contributed by atoms with Crippen LogP contribution in [0.2, 0.25) is 0 Å². The molecule has 8 nitrogen and oxygen atoms in total. The largest absolute Gasteiger partial charge is 0.472 e. The first-order valence-corrected chi connectivity index (χ1v) is 20.0. The summed E-state index contributed by atoms with van der Waals surface area (Å²) in [6.45, 7) is 4.68. The zero-order valence-corrected chi connectivity index (χ0v) is 31.6. The van der Waals surface area contributed by atoms with Gasteiger partial charge in [-0.2, -0.15) is 0 Å². The lowest BCUT2D eigenvalue weighted by atomic mass is 10.1. The number of allylic oxidation sites excluding steroid dienone is 7. The number of hydrogen-bond donors (Lipinski definition) is 3. The smallest absolute Gasteiger partial charge is 0.387 e. The highest BCUT2D eigenvalue weighted by Gasteiger charge is 2.27. The molecule has 0 bridgehead atoms. The van der Waals surface area contributed by atoms with Crippen LogP contribution in [0, 0.1) is 0 Å². The third-order valence-corrected chi connectivity index (χ3v) is 8.73. The lowest BCUT2D eigenvalue weighted by molar-refractivity contribution is -0.870. The van der Waals surface area contributed by atoms with Crippen molar-refractivity contribution in [3.8, 4) is 0 Å². The van der Waals surface area contributed by atoms with Gasteiger partial charge in [-0.15, -0.1) is 0 Å². The Morgan fingerprint density at radius 3 is 1.70 bits per heavy atom. The van der Waals surface area contributed by atoms with Crippen molar-refractivity contribution >= 4 is 13.7 Å². The van der Waals surface area contributed by atoms with Crippen LogP contribution in [0.4, 0.5) is 0 Å². The zero-order chi connectivity index (χ0) is 35.1. The molecule has 0 saturated heterocycles. The monoisotopic (exact) mass is 684 g/mol. The number of carbonyl (C=O) groups excluding carboxylic acids is 1. The number of aliphatic hydroxyl groups is 1. The Bertz CT molecular complexity index is 912. The molecular formula is C38H72N2O6P+. The summed E-state index contributed by atoms with van der Waals surface area (Å²) in [5.74, 6) is -0.206. The first-order chi connectivity index (χ1) is 22.5. The van der Waals surface area contributed by atoms with Crippen LogP contribution >= 0.6 is 7.82 Å². The molecule has 0 aromatic carbocycles. The van der Waals surface area contributed by atoms with Gasteiger partial charge in [-0.1, -0.05) is 107 Å². The van der Waals surface area contributed by atoms with Crippen molar-refractivity contribution in [2.24, 2.45) is 0 Å². The molecule has 0 heterocycles. The Morgan fingerprint density at radius 1 is 0.702 bits per heavy atom. The van der Waals surface area contributed by atoms with Crippen LogP contribution in [-0.4, -0.2) is 73.4 Å². The van der Waals surface area contributed by atoms with E-state index in [1.807, 2.05) is 27.2 Å². The highest BCUT2D eigenvalue weighted by atomic mass is 31.2. The van der Waals surface area contributed by atoms with Crippen LogP contribution in [0.5, 0.6) is 0 Å². The van der Waals surface area contributed by atoms with Gasteiger partial charge < -0.3 is 19.8 Å². The Hall–Kier alpha value is -1.54. The number of phosphoric ester groups is 1. The minimum Gasteiger partial charge on any atom is -0.387 e. The highest BCUT2D eigenvalue weighted by molar-refractivity contribution is 7.47. The fraction of sp³-hybridized carbons (Fsp3) is 0.763. The van der Waals surface area contributed by atoms with Crippen LogP contribution in [0.25, 0.3) is 0 Å². The number of carbonyl (C=O) groups is 1. The van der Waals surface area contributed by atoms with Gasteiger partial charge in [-0.25, -0.2) is 4.57 Å². The number of likely N-dealkylation sites (N-methyl/N-ethyl adjacent to an activating group) is 1. The summed E-state index contributed by atoms with van der Waals surface area (Å²) in [6.07, 6.45) is 36.0. The molecule has 274 valence electrons. The van der Waals surface area contributed by atoms with E-state index < -0.39 is 20.0 Å². The van der Waals surface area contributed by atoms with Crippen molar-refractivity contribution in [3.05, 3.63) is 48.6 Å². The number of rotatable bonds is 32. The van der Waals surface area contributed by atoms with Crippen molar-refractivity contribution in [2.45, 2.75) is 148 Å². The van der Waals surface area contributed by atoms with E-state index in [-0.39, 0.29) is 19.1 Å². The number of aliphatic hydroxyl groups excluding tert-OH is 1. The summed E-state index contributed by atoms with van der Waals surface area (Å²) in [4.78, 5) is 22.9. The van der Waals surface area contributed by atoms with Crippen molar-refractivity contribution in [1.29, 1.82) is 0 Å². The van der Waals surface area contributed by atoms with Crippen LogP contribution in [-0.2, 0) is 18.4 Å². The van der Waals surface area contributed by atoms with Gasteiger partial charge in [0.15, 0.2) is 0 Å². The lowest BCUT2D eigenvalue weighted by Crippen LogP contribution is -2.45. The number of hydrogen-bond acceptors (Lipinski definition) is 5. The van der Waals surface area contributed by atoms with Gasteiger partial charge in [0.1, 0.15) is 13.2 Å². The molecule has 1 amide bonds. The third kappa shape index (κ3) is 32.8. The normalized spacial score (nSPS) is 15.3. The Morgan fingerprint density at radius 2 is 1.17 bits per heavy atom. The van der Waals surface area contributed by atoms with E-state index in [4.69, 9.17) is 9.05 Å². The van der Waals surface area contributed by atoms with Crippen molar-refractivity contribution in [2.75, 3.05) is 40.9 Å². The molecule has 0 aliphatic carbocycles. The van der Waals surface area contributed by atoms with Gasteiger partial charge in [0.05, 0.1) is 39.9 Å². The molecule has 0 aliphatic rings. The summed E-state index contributed by atoms with van der Waals surface area (Å²) < 4.78 is 23.4. The number of quaternary nitrogens is 1. The zero-order valence-electron chi connectivity index (χ0n) is 30.8. The number of phosphoric acid groups is 1. The highest BCUT2D eigenvalue weighted by Crippen LogP contribution is 2.43. The molecule has 0 saturated carbocycles. The summed E-state index contributed by atoms with van der Waals surface area (Å²) >= 11 is 0. The standard InChI is InChI=1S/C38H71N2O6P/c1-6-8-10-12-14-16-18-20-21-23-25-27-29-31-37(41)36(35-46-47(43,44)45-34-33-40(3,4)5)39-38(42)32-30-28-26-24-22-19-17-15-13-11-9-7-2/h14-17,21,23,29,31,36-37,41H,6-13,18-20,22,24-28,30,32-35H2,1-5H3,(H-,39,42,43,44)/p+1/b16-14+,17-15-,23-21+,31-29+. The van der Waals surface area contributed by atoms with Gasteiger partial charge in [0, 0.05) is 6.42 Å². The van der Waals surface area contributed by atoms with E-state index in [9.17, 15) is 19.4 Å². The molecule has 47 heavy (non-hydrogen) atoms. The minimum absolute atomic E-state index is 0.0504. The van der Waals surface area contributed by atoms with Crippen LogP contribution < -0.4 is 5.32 Å². The second-order valence-electron chi connectivity index (χ2n) is 13.6. The molecule has 0 radical (unpaired) electrons. The van der Waals surface area contributed by atoms with Crippen LogP contribution in [0.15, 0.2) is 48.6 Å². The predicted molar refractivity (Wildman–Crippen MR) is 198 cm³/mol. The molecule has 0 fully saturated rings. The molecule has 3 N–H and O–H groups in total. The van der Waals surface area contributed by atoms with Gasteiger partial charge in [-0.05, 0) is 70.6 Å². The molecular weight excluding hydrogens is 611 g/mol. The second-order valence-corrected chi connectivity index (χ2v) is 15.0. The van der Waals surface area contributed by atoms with Crippen molar-refractivity contribution < 1.29 is 32.9 Å². The van der Waals surface area contributed by atoms with E-state index in [1.165, 1.54) is 51.4 Å². The SMILES string of the molecule is CCCCC/C=C\CCCCCCCC(=O)NC(COP(=O)(O)OCC[N+](C)(C)C)C(O)/C=C/CC/C=C/CC/C=C/CCCCC. The van der Waals surface area contributed by atoms with E-state index >= 15 is 0 Å². The Balaban J connectivity index is 4.68. The second kappa shape index (κ2) is 30.5. The fourth-order valence-electron chi connectivity index (χ4n) is 4.71. The maximum absolute atomic E-state index is 12.7. The first-order valence-electron chi connectivity index (χ1n) is 18.5. The molecule has 3 unspecified atom stereocenters. The molecule has 0 aliphatic heterocycles. The predicted octanol–water partition coefficient (Wildman–Crippen LogP) is 9.35. The van der Waals surface area contributed by atoms with Gasteiger partial charge in [0.2, 0.25) is 5.91 Å². The molecule has 0 rings (SSSR count). The topological polar surface area (TPSA) is 105 Å². The van der Waals surface area contributed by atoms with E-state index in [1.54, 1.807) is 6.08 Å². The number of nitrogens with one attached hydrogen (secondary N) is 1. The third-order valence-electron chi connectivity index (χ3n) is 7.75. The number of amides is 1. The van der Waals surface area contributed by atoms with Crippen molar-refractivity contribution in [1.82, 2.24) is 5.32 Å². The lowest BCUT2D eigenvalue weighted by Gasteiger charge is -2.25. The van der Waals surface area contributed by atoms with E-state index in [0.29, 0.717) is 17.4 Å². The molecule has 9 heteroatoms. The maximum atomic E-state index is 12.7. The number of unbranched alkanes of at least 4 members (excludes halogenated alkanes) is 13. The molecule has 0 aromatic heterocycles. The maximum Gasteiger partial charge on any atom is 0.472 e. The van der Waals surface area contributed by atoms with Gasteiger partial charge >= 0.3 is 7.82 Å². The Kier molecular flexibility index (Phi) is 29.5. The van der Waals surface area contributed by atoms with E-state index in [0.717, 1.165) is 64.2 Å². The number of nitrogens with zero attached hydrogens (tertiary/aromatic N) is 1. The summed E-state index contributed by atoms with van der Waals surface area (Å²) in [5.41, 5.74) is 0. The average molecular weight is 684 g/mol. The summed E-state index contributed by atoms with van der Waals surface area (Å²) in [7, 11) is 1.53. The van der Waals surface area contributed by atoms with Crippen molar-refractivity contribution in [3.63, 3.8) is 0 Å². The van der Waals surface area contributed by atoms with Crippen LogP contribution in [0.3, 0.4) is 0 Å². The first kappa shape index (κ1) is 45.5. The molecule has 0 spiro atoms. The molecule has 0 aromatic rings. The van der Waals surface area contributed by atoms with Crippen LogP contribution in [0.1, 0.15) is 136 Å². The van der Waals surface area contributed by atoms with Gasteiger partial charge in [0.25, 0.3) is 0 Å². The van der Waals surface area contributed by atoms with Gasteiger partial charge in [-0.3, -0.25) is 13.8 Å². The Labute approximate surface area is 289 Å².